The van der Waals surface area contributed by atoms with Gasteiger partial charge in [0.25, 0.3) is 11.8 Å². The van der Waals surface area contributed by atoms with Crippen LogP contribution in [0.1, 0.15) is 26.3 Å². The topological polar surface area (TPSA) is 88.9 Å². The molecule has 2 heterocycles. The standard InChI is InChI=1S/C23H18BrN5O2/c1-15-12-26-29(14-15)20-8-5-16(6-9-20)22(30)27-19-4-2-3-17(11-19)23(31)28-21-10-7-18(24)13-25-21/h2-14H,1H3,(H,27,30)(H,25,28,31). The normalized spacial score (nSPS) is 10.5. The van der Waals surface area contributed by atoms with Crippen molar-refractivity contribution in [3.05, 3.63) is 100 Å². The Hall–Kier alpha value is -3.78. The second-order valence-electron chi connectivity index (χ2n) is 6.86. The highest BCUT2D eigenvalue weighted by Gasteiger charge is 2.11. The van der Waals surface area contributed by atoms with Gasteiger partial charge in [0, 0.05) is 33.7 Å². The molecule has 0 saturated carbocycles. The van der Waals surface area contributed by atoms with Gasteiger partial charge in [-0.05, 0) is 83.0 Å². The van der Waals surface area contributed by atoms with Gasteiger partial charge in [-0.2, -0.15) is 5.10 Å². The van der Waals surface area contributed by atoms with Crippen LogP contribution in [0.4, 0.5) is 11.5 Å². The number of aromatic nitrogens is 3. The van der Waals surface area contributed by atoms with Gasteiger partial charge >= 0.3 is 0 Å². The second kappa shape index (κ2) is 8.93. The minimum atomic E-state index is -0.315. The fraction of sp³-hybridized carbons (Fsp3) is 0.0435. The summed E-state index contributed by atoms with van der Waals surface area (Å²) in [6.07, 6.45) is 5.29. The van der Waals surface area contributed by atoms with Crippen LogP contribution in [0.15, 0.2) is 83.7 Å². The molecule has 4 rings (SSSR count). The van der Waals surface area contributed by atoms with E-state index in [1.54, 1.807) is 65.6 Å². The summed E-state index contributed by atoms with van der Waals surface area (Å²) in [6.45, 7) is 1.97. The number of nitrogens with zero attached hydrogens (tertiary/aromatic N) is 3. The fourth-order valence-corrected chi connectivity index (χ4v) is 3.13. The number of hydrogen-bond donors (Lipinski definition) is 2. The van der Waals surface area contributed by atoms with Crippen molar-refractivity contribution in [1.82, 2.24) is 14.8 Å². The summed E-state index contributed by atoms with van der Waals surface area (Å²) in [5.41, 5.74) is 3.35. The molecule has 0 unspecified atom stereocenters. The van der Waals surface area contributed by atoms with E-state index in [4.69, 9.17) is 0 Å². The Bertz CT molecular complexity index is 1230. The number of aryl methyl sites for hydroxylation is 1. The zero-order chi connectivity index (χ0) is 21.8. The lowest BCUT2D eigenvalue weighted by atomic mass is 10.1. The van der Waals surface area contributed by atoms with Crippen LogP contribution in [-0.2, 0) is 0 Å². The van der Waals surface area contributed by atoms with Gasteiger partial charge in [-0.25, -0.2) is 9.67 Å². The maximum absolute atomic E-state index is 12.6. The Labute approximate surface area is 187 Å². The van der Waals surface area contributed by atoms with Gasteiger partial charge in [0.2, 0.25) is 0 Å². The monoisotopic (exact) mass is 475 g/mol. The molecule has 7 nitrogen and oxygen atoms in total. The highest BCUT2D eigenvalue weighted by Crippen LogP contribution is 2.16. The molecule has 2 amide bonds. The molecule has 154 valence electrons. The number of carbonyl (C=O) groups is 2. The summed E-state index contributed by atoms with van der Waals surface area (Å²) in [7, 11) is 0. The first kappa shape index (κ1) is 20.5. The Balaban J connectivity index is 1.43. The van der Waals surface area contributed by atoms with Gasteiger partial charge in [-0.1, -0.05) is 6.07 Å². The van der Waals surface area contributed by atoms with Crippen LogP contribution in [0.5, 0.6) is 0 Å². The number of amides is 2. The maximum atomic E-state index is 12.6. The van der Waals surface area contributed by atoms with Gasteiger partial charge < -0.3 is 10.6 Å². The molecule has 4 aromatic rings. The van der Waals surface area contributed by atoms with E-state index < -0.39 is 0 Å². The highest BCUT2D eigenvalue weighted by atomic mass is 79.9. The molecule has 0 aliphatic carbocycles. The maximum Gasteiger partial charge on any atom is 0.256 e. The van der Waals surface area contributed by atoms with Crippen molar-refractivity contribution in [2.75, 3.05) is 10.6 Å². The first-order chi connectivity index (χ1) is 15.0. The lowest BCUT2D eigenvalue weighted by Crippen LogP contribution is -2.15. The molecule has 0 aliphatic rings. The molecule has 2 N–H and O–H groups in total. The Morgan fingerprint density at radius 3 is 2.35 bits per heavy atom. The number of halogens is 1. The van der Waals surface area contributed by atoms with Crippen molar-refractivity contribution in [3.63, 3.8) is 0 Å². The lowest BCUT2D eigenvalue weighted by molar-refractivity contribution is 0.101. The molecular weight excluding hydrogens is 458 g/mol. The molecule has 0 saturated heterocycles. The van der Waals surface area contributed by atoms with Gasteiger partial charge in [0.1, 0.15) is 5.82 Å². The third-order valence-corrected chi connectivity index (χ3v) is 4.93. The van der Waals surface area contributed by atoms with E-state index in [-0.39, 0.29) is 11.8 Å². The molecule has 0 atom stereocenters. The van der Waals surface area contributed by atoms with Crippen LogP contribution >= 0.6 is 15.9 Å². The van der Waals surface area contributed by atoms with Crippen molar-refractivity contribution in [1.29, 1.82) is 0 Å². The van der Waals surface area contributed by atoms with Crippen molar-refractivity contribution in [2.45, 2.75) is 6.92 Å². The van der Waals surface area contributed by atoms with Gasteiger partial charge in [-0.3, -0.25) is 9.59 Å². The molecule has 2 aromatic carbocycles. The first-order valence-corrected chi connectivity index (χ1v) is 10.2. The highest BCUT2D eigenvalue weighted by molar-refractivity contribution is 9.10. The van der Waals surface area contributed by atoms with E-state index in [1.807, 2.05) is 25.3 Å². The quantitative estimate of drug-likeness (QED) is 0.432. The third kappa shape index (κ3) is 5.04. The Kier molecular flexibility index (Phi) is 5.90. The van der Waals surface area contributed by atoms with Crippen LogP contribution in [0.25, 0.3) is 5.69 Å². The van der Waals surface area contributed by atoms with Crippen molar-refractivity contribution < 1.29 is 9.59 Å². The van der Waals surface area contributed by atoms with Crippen LogP contribution in [0.3, 0.4) is 0 Å². The largest absolute Gasteiger partial charge is 0.322 e. The molecule has 0 fully saturated rings. The lowest BCUT2D eigenvalue weighted by Gasteiger charge is -2.09. The van der Waals surface area contributed by atoms with Crippen LogP contribution < -0.4 is 10.6 Å². The average molecular weight is 476 g/mol. The smallest absolute Gasteiger partial charge is 0.256 e. The molecule has 0 bridgehead atoms. The number of hydrogen-bond acceptors (Lipinski definition) is 4. The fourth-order valence-electron chi connectivity index (χ4n) is 2.90. The SMILES string of the molecule is Cc1cnn(-c2ccc(C(=O)Nc3cccc(C(=O)Nc4ccc(Br)cn4)c3)cc2)c1. The molecule has 0 radical (unpaired) electrons. The first-order valence-electron chi connectivity index (χ1n) is 9.44. The number of anilines is 2. The number of pyridine rings is 1. The minimum Gasteiger partial charge on any atom is -0.322 e. The molecular formula is C23H18BrN5O2. The van der Waals surface area contributed by atoms with E-state index in [0.717, 1.165) is 15.7 Å². The summed E-state index contributed by atoms with van der Waals surface area (Å²) >= 11 is 3.31. The Morgan fingerprint density at radius 1 is 0.903 bits per heavy atom. The summed E-state index contributed by atoms with van der Waals surface area (Å²) < 4.78 is 2.57. The Morgan fingerprint density at radius 2 is 1.68 bits per heavy atom. The van der Waals surface area contributed by atoms with E-state index in [2.05, 4.69) is 36.6 Å². The molecule has 8 heteroatoms. The average Bonchev–Trinajstić information content (AvgIpc) is 3.22. The van der Waals surface area contributed by atoms with Crippen LogP contribution in [0, 0.1) is 6.92 Å². The molecule has 31 heavy (non-hydrogen) atoms. The summed E-state index contributed by atoms with van der Waals surface area (Å²) in [5, 5.41) is 9.81. The van der Waals surface area contributed by atoms with Gasteiger partial charge in [0.05, 0.1) is 11.9 Å². The predicted octanol–water partition coefficient (Wildman–Crippen LogP) is 4.84. The van der Waals surface area contributed by atoms with E-state index >= 15 is 0 Å². The number of rotatable bonds is 5. The van der Waals surface area contributed by atoms with Gasteiger partial charge in [-0.15, -0.1) is 0 Å². The molecule has 2 aromatic heterocycles. The minimum absolute atomic E-state index is 0.268. The molecule has 0 aliphatic heterocycles. The molecule has 0 spiro atoms. The van der Waals surface area contributed by atoms with Crippen molar-refractivity contribution in [2.24, 2.45) is 0 Å². The van der Waals surface area contributed by atoms with Crippen molar-refractivity contribution >= 4 is 39.2 Å². The van der Waals surface area contributed by atoms with Crippen LogP contribution in [0.2, 0.25) is 0 Å². The van der Waals surface area contributed by atoms with E-state index in [1.165, 1.54) is 0 Å². The summed E-state index contributed by atoms with van der Waals surface area (Å²) in [5.74, 6) is -0.143. The van der Waals surface area contributed by atoms with E-state index in [0.29, 0.717) is 22.6 Å². The summed E-state index contributed by atoms with van der Waals surface area (Å²) in [4.78, 5) is 29.2. The number of benzene rings is 2. The zero-order valence-electron chi connectivity index (χ0n) is 16.5. The second-order valence-corrected chi connectivity index (χ2v) is 7.78. The zero-order valence-corrected chi connectivity index (χ0v) is 18.1. The summed E-state index contributed by atoms with van der Waals surface area (Å²) in [6, 6.07) is 17.3. The van der Waals surface area contributed by atoms with Gasteiger partial charge in [0.15, 0.2) is 0 Å². The predicted molar refractivity (Wildman–Crippen MR) is 123 cm³/mol. The van der Waals surface area contributed by atoms with Crippen LogP contribution in [-0.4, -0.2) is 26.6 Å². The van der Waals surface area contributed by atoms with E-state index in [9.17, 15) is 9.59 Å². The third-order valence-electron chi connectivity index (χ3n) is 4.46. The number of carbonyl (C=O) groups excluding carboxylic acids is 2. The number of nitrogens with one attached hydrogen (secondary N) is 2. The van der Waals surface area contributed by atoms with Crippen molar-refractivity contribution in [3.8, 4) is 5.69 Å².